The Hall–Kier alpha value is -3.05. The first-order valence-corrected chi connectivity index (χ1v) is 9.97. The highest BCUT2D eigenvalue weighted by Gasteiger charge is 2.24. The zero-order chi connectivity index (χ0) is 19.5. The molecule has 0 fully saturated rings. The Labute approximate surface area is 166 Å². The fraction of sp³-hybridized carbons (Fsp3) is 0.250. The molecule has 0 aliphatic carbocycles. The van der Waals surface area contributed by atoms with Gasteiger partial charge in [0.25, 0.3) is 0 Å². The molecule has 0 amide bonds. The maximum atomic E-state index is 14.2. The summed E-state index contributed by atoms with van der Waals surface area (Å²) in [5.74, 6) is 2.03. The second-order valence-corrected chi connectivity index (χ2v) is 7.18. The third kappa shape index (κ3) is 3.41. The molecule has 0 atom stereocenters. The molecular weight excluding hydrogens is 377 g/mol. The van der Waals surface area contributed by atoms with Gasteiger partial charge in [-0.1, -0.05) is 18.9 Å². The monoisotopic (exact) mass is 395 g/mol. The molecule has 2 aromatic rings. The molecule has 1 N–H and O–H groups in total. The Balaban J connectivity index is 1.65. The van der Waals surface area contributed by atoms with E-state index >= 15 is 0 Å². The van der Waals surface area contributed by atoms with Crippen LogP contribution < -0.4 is 9.46 Å². The highest BCUT2D eigenvalue weighted by molar-refractivity contribution is 8.00. The molecule has 142 valence electrons. The fourth-order valence-corrected chi connectivity index (χ4v) is 3.67. The van der Waals surface area contributed by atoms with Crippen LogP contribution in [0.4, 0.5) is 15.8 Å². The van der Waals surface area contributed by atoms with Gasteiger partial charge in [0.1, 0.15) is 40.5 Å². The van der Waals surface area contributed by atoms with Crippen LogP contribution in [-0.2, 0) is 0 Å². The summed E-state index contributed by atoms with van der Waals surface area (Å²) in [6.45, 7) is 3.57. The number of benzene rings is 2. The molecule has 0 saturated carbocycles. The first kappa shape index (κ1) is 18.3. The lowest BCUT2D eigenvalue weighted by Crippen LogP contribution is -2.29. The maximum absolute atomic E-state index is 14.2. The first-order chi connectivity index (χ1) is 13.7. The van der Waals surface area contributed by atoms with Gasteiger partial charge in [-0.05, 0) is 36.8 Å². The molecule has 2 heterocycles. The van der Waals surface area contributed by atoms with E-state index in [-0.39, 0.29) is 11.3 Å². The van der Waals surface area contributed by atoms with Crippen molar-refractivity contribution in [3.8, 4) is 17.6 Å². The molecule has 2 aliphatic heterocycles. The lowest BCUT2D eigenvalue weighted by atomic mass is 10.1. The largest absolute Gasteiger partial charge is 0.456 e. The number of hydrogen-bond donors (Lipinski definition) is 1. The fourth-order valence-electron chi connectivity index (χ4n) is 3.02. The lowest BCUT2D eigenvalue weighted by molar-refractivity contribution is 0.479. The molecule has 0 aromatic heterocycles. The maximum Gasteiger partial charge on any atom is 0.148 e. The van der Waals surface area contributed by atoms with Crippen molar-refractivity contribution in [3.63, 3.8) is 0 Å². The van der Waals surface area contributed by atoms with E-state index in [1.165, 1.54) is 24.1 Å². The SMILES string of the molecule is CCCSNc1c(F)ccc(Oc2ccc3c(c2)C2=NCCN2C=N3)c1C#N. The van der Waals surface area contributed by atoms with Crippen LogP contribution in [0.1, 0.15) is 24.5 Å². The van der Waals surface area contributed by atoms with Crippen LogP contribution in [0.15, 0.2) is 40.3 Å². The lowest BCUT2D eigenvalue weighted by Gasteiger charge is -2.21. The van der Waals surface area contributed by atoms with Gasteiger partial charge in [0.15, 0.2) is 0 Å². The van der Waals surface area contributed by atoms with Crippen LogP contribution in [-0.4, -0.2) is 35.9 Å². The molecule has 28 heavy (non-hydrogen) atoms. The van der Waals surface area contributed by atoms with Gasteiger partial charge in [0.05, 0.1) is 18.6 Å². The van der Waals surface area contributed by atoms with Crippen molar-refractivity contribution in [2.45, 2.75) is 13.3 Å². The molecule has 0 bridgehead atoms. The summed E-state index contributed by atoms with van der Waals surface area (Å²) >= 11 is 1.36. The Bertz CT molecular complexity index is 1010. The smallest absolute Gasteiger partial charge is 0.148 e. The van der Waals surface area contributed by atoms with Gasteiger partial charge in [-0.15, -0.1) is 0 Å². The Kier molecular flexibility index (Phi) is 5.17. The van der Waals surface area contributed by atoms with E-state index in [0.29, 0.717) is 11.5 Å². The van der Waals surface area contributed by atoms with Crippen molar-refractivity contribution < 1.29 is 9.13 Å². The van der Waals surface area contributed by atoms with E-state index in [1.54, 1.807) is 12.4 Å². The number of amidine groups is 1. The number of fused-ring (bicyclic) bond motifs is 3. The number of aliphatic imine (C=N–C) groups is 2. The highest BCUT2D eigenvalue weighted by atomic mass is 32.2. The molecule has 2 aromatic carbocycles. The summed E-state index contributed by atoms with van der Waals surface area (Å²) in [5, 5.41) is 9.58. The van der Waals surface area contributed by atoms with Gasteiger partial charge < -0.3 is 14.4 Å². The first-order valence-electron chi connectivity index (χ1n) is 8.99. The highest BCUT2D eigenvalue weighted by Crippen LogP contribution is 2.36. The van der Waals surface area contributed by atoms with Crippen LogP contribution in [0, 0.1) is 17.1 Å². The Morgan fingerprint density at radius 3 is 3.07 bits per heavy atom. The molecule has 0 unspecified atom stereocenters. The summed E-state index contributed by atoms with van der Waals surface area (Å²) in [6.07, 6.45) is 2.73. The summed E-state index contributed by atoms with van der Waals surface area (Å²) in [4.78, 5) is 11.0. The van der Waals surface area contributed by atoms with Crippen molar-refractivity contribution >= 4 is 35.5 Å². The third-order valence-corrected chi connectivity index (χ3v) is 5.32. The average molecular weight is 395 g/mol. The van der Waals surface area contributed by atoms with Crippen molar-refractivity contribution in [2.24, 2.45) is 9.98 Å². The Morgan fingerprint density at radius 1 is 1.36 bits per heavy atom. The van der Waals surface area contributed by atoms with E-state index in [0.717, 1.165) is 42.3 Å². The minimum absolute atomic E-state index is 0.138. The predicted molar refractivity (Wildman–Crippen MR) is 110 cm³/mol. The molecular formula is C20H18FN5OS. The van der Waals surface area contributed by atoms with Gasteiger partial charge in [-0.3, -0.25) is 4.99 Å². The summed E-state index contributed by atoms with van der Waals surface area (Å²) < 4.78 is 23.1. The number of ether oxygens (including phenoxy) is 1. The minimum atomic E-state index is -0.483. The second-order valence-electron chi connectivity index (χ2n) is 6.28. The van der Waals surface area contributed by atoms with E-state index in [2.05, 4.69) is 20.8 Å². The van der Waals surface area contributed by atoms with Crippen LogP contribution >= 0.6 is 11.9 Å². The van der Waals surface area contributed by atoms with E-state index in [4.69, 9.17) is 4.74 Å². The van der Waals surface area contributed by atoms with Crippen molar-refractivity contribution in [1.29, 1.82) is 5.26 Å². The number of halogens is 1. The van der Waals surface area contributed by atoms with Gasteiger partial charge >= 0.3 is 0 Å². The predicted octanol–water partition coefficient (Wildman–Crippen LogP) is 4.70. The molecule has 6 nitrogen and oxygen atoms in total. The van der Waals surface area contributed by atoms with E-state index in [9.17, 15) is 9.65 Å². The third-order valence-electron chi connectivity index (χ3n) is 4.36. The number of rotatable bonds is 6. The molecule has 0 spiro atoms. The van der Waals surface area contributed by atoms with Gasteiger partial charge in [-0.25, -0.2) is 9.38 Å². The van der Waals surface area contributed by atoms with Crippen LogP contribution in [0.5, 0.6) is 11.5 Å². The number of anilines is 1. The summed E-state index contributed by atoms with van der Waals surface area (Å²) in [5.41, 5.74) is 1.99. The minimum Gasteiger partial charge on any atom is -0.456 e. The van der Waals surface area contributed by atoms with E-state index in [1.807, 2.05) is 24.0 Å². The number of nitrogens with zero attached hydrogens (tertiary/aromatic N) is 4. The molecule has 2 aliphatic rings. The van der Waals surface area contributed by atoms with Gasteiger partial charge in [0.2, 0.25) is 0 Å². The van der Waals surface area contributed by atoms with Crippen LogP contribution in [0.3, 0.4) is 0 Å². The number of nitriles is 1. The second kappa shape index (κ2) is 7.90. The van der Waals surface area contributed by atoms with Crippen LogP contribution in [0.2, 0.25) is 0 Å². The van der Waals surface area contributed by atoms with Gasteiger partial charge in [-0.2, -0.15) is 5.26 Å². The van der Waals surface area contributed by atoms with Crippen molar-refractivity contribution in [2.75, 3.05) is 23.6 Å². The Morgan fingerprint density at radius 2 is 2.25 bits per heavy atom. The van der Waals surface area contributed by atoms with E-state index < -0.39 is 5.82 Å². The number of hydrogen-bond acceptors (Lipinski definition) is 7. The van der Waals surface area contributed by atoms with Crippen LogP contribution in [0.25, 0.3) is 0 Å². The van der Waals surface area contributed by atoms with Crippen molar-refractivity contribution in [1.82, 2.24) is 4.90 Å². The molecule has 0 saturated heterocycles. The summed E-state index contributed by atoms with van der Waals surface area (Å²) in [6, 6.07) is 10.3. The summed E-state index contributed by atoms with van der Waals surface area (Å²) in [7, 11) is 0. The van der Waals surface area contributed by atoms with Gasteiger partial charge in [0, 0.05) is 17.9 Å². The molecule has 4 rings (SSSR count). The van der Waals surface area contributed by atoms with Crippen molar-refractivity contribution in [3.05, 3.63) is 47.3 Å². The molecule has 8 heteroatoms. The standard InChI is InChI=1S/C20H18FN5OS/c1-2-9-28-25-19-15(11-22)18(6-4-16(19)21)27-13-3-5-17-14(10-13)20-23-7-8-26(20)12-24-17/h3-6,10,12,25H,2,7-9H2,1H3. The number of nitrogens with one attached hydrogen (secondary N) is 1. The zero-order valence-corrected chi connectivity index (χ0v) is 16.1. The molecule has 0 radical (unpaired) electrons. The topological polar surface area (TPSA) is 73.0 Å². The average Bonchev–Trinajstić information content (AvgIpc) is 3.20. The normalized spacial score (nSPS) is 14.2. The quantitative estimate of drug-likeness (QED) is 0.567. The zero-order valence-electron chi connectivity index (χ0n) is 15.3.